The van der Waals surface area contributed by atoms with Crippen LogP contribution in [-0.2, 0) is 0 Å². The molecule has 0 N–H and O–H groups in total. The van der Waals surface area contributed by atoms with Gasteiger partial charge in [-0.2, -0.15) is 5.26 Å². The number of hydrogen-bond acceptors (Lipinski definition) is 5. The van der Waals surface area contributed by atoms with Gasteiger partial charge in [-0.05, 0) is 82.7 Å². The van der Waals surface area contributed by atoms with Gasteiger partial charge in [0.2, 0.25) is 0 Å². The summed E-state index contributed by atoms with van der Waals surface area (Å²) in [6, 6.07) is 24.4. The van der Waals surface area contributed by atoms with E-state index in [1.165, 1.54) is 0 Å². The van der Waals surface area contributed by atoms with E-state index in [-0.39, 0.29) is 12.4 Å². The van der Waals surface area contributed by atoms with Gasteiger partial charge < -0.3 is 21.9 Å². The summed E-state index contributed by atoms with van der Waals surface area (Å²) in [5.74, 6) is 2.07. The zero-order valence-corrected chi connectivity index (χ0v) is 17.1. The third-order valence-electron chi connectivity index (χ3n) is 4.44. The summed E-state index contributed by atoms with van der Waals surface area (Å²) in [4.78, 5) is 3.43. The molecule has 4 rings (SSSR count). The van der Waals surface area contributed by atoms with Gasteiger partial charge in [-0.15, -0.1) is 0 Å². The molecule has 0 saturated heterocycles. The van der Waals surface area contributed by atoms with E-state index in [0.29, 0.717) is 11.4 Å². The zero-order chi connectivity index (χ0) is 20.2. The molecule has 0 aliphatic heterocycles. The van der Waals surface area contributed by atoms with Crippen LogP contribution in [0.3, 0.4) is 0 Å². The minimum absolute atomic E-state index is 0. The van der Waals surface area contributed by atoms with E-state index in [9.17, 15) is 0 Å². The van der Waals surface area contributed by atoms with Crippen molar-refractivity contribution in [3.8, 4) is 40.3 Å². The first kappa shape index (κ1) is 20.8. The Kier molecular flexibility index (Phi) is 6.30. The van der Waals surface area contributed by atoms with Gasteiger partial charge >= 0.3 is 5.82 Å². The third-order valence-corrected chi connectivity index (χ3v) is 4.44. The number of halogens is 1. The summed E-state index contributed by atoms with van der Waals surface area (Å²) >= 11 is 0. The molecular formula is C22H18ClN5O2. The standard InChI is InChI=1S/C22H18N5O2.ClH/c1-28-20-11-7-18(8-12-20)26-24-22(17-5-3-16(15-23)4-6-17)25-27(26)19-9-13-21(29-2)14-10-19;/h3-14H,1-2H3;1H/q+1;/p-1. The van der Waals surface area contributed by atoms with Crippen molar-refractivity contribution in [1.29, 1.82) is 5.26 Å². The van der Waals surface area contributed by atoms with Crippen LogP contribution in [0.2, 0.25) is 0 Å². The molecule has 1 aromatic heterocycles. The Bertz CT molecular complexity index is 1100. The number of benzene rings is 3. The fourth-order valence-corrected chi connectivity index (χ4v) is 2.86. The first-order chi connectivity index (χ1) is 14.2. The molecule has 0 bridgehead atoms. The van der Waals surface area contributed by atoms with Crippen LogP contribution in [0.15, 0.2) is 72.8 Å². The third kappa shape index (κ3) is 4.09. The maximum absolute atomic E-state index is 9.02. The van der Waals surface area contributed by atoms with Gasteiger partial charge in [0, 0.05) is 4.80 Å². The van der Waals surface area contributed by atoms with E-state index >= 15 is 0 Å². The maximum Gasteiger partial charge on any atom is 0.340 e. The lowest BCUT2D eigenvalue weighted by molar-refractivity contribution is -0.734. The second kappa shape index (κ2) is 9.07. The zero-order valence-electron chi connectivity index (χ0n) is 16.4. The highest BCUT2D eigenvalue weighted by Crippen LogP contribution is 2.18. The van der Waals surface area contributed by atoms with Crippen molar-refractivity contribution in [2.75, 3.05) is 14.2 Å². The molecule has 0 atom stereocenters. The maximum atomic E-state index is 9.02. The van der Waals surface area contributed by atoms with E-state index in [4.69, 9.17) is 24.9 Å². The minimum Gasteiger partial charge on any atom is -1.00 e. The van der Waals surface area contributed by atoms with Crippen LogP contribution in [0.5, 0.6) is 11.5 Å². The Morgan fingerprint density at radius 3 is 1.93 bits per heavy atom. The predicted molar refractivity (Wildman–Crippen MR) is 106 cm³/mol. The van der Waals surface area contributed by atoms with Crippen LogP contribution in [0.25, 0.3) is 22.8 Å². The number of rotatable bonds is 5. The Balaban J connectivity index is 0.00000256. The first-order valence-corrected chi connectivity index (χ1v) is 8.91. The molecular weight excluding hydrogens is 402 g/mol. The predicted octanol–water partition coefficient (Wildman–Crippen LogP) is 0.104. The van der Waals surface area contributed by atoms with E-state index in [2.05, 4.69) is 6.07 Å². The number of tetrazole rings is 1. The average Bonchev–Trinajstić information content (AvgIpc) is 3.24. The van der Waals surface area contributed by atoms with Gasteiger partial charge in [-0.25, -0.2) is 0 Å². The van der Waals surface area contributed by atoms with Crippen LogP contribution in [0.4, 0.5) is 0 Å². The molecule has 8 heteroatoms. The summed E-state index contributed by atoms with van der Waals surface area (Å²) in [5.41, 5.74) is 3.06. The Morgan fingerprint density at radius 2 is 1.40 bits per heavy atom. The van der Waals surface area contributed by atoms with Crippen molar-refractivity contribution < 1.29 is 26.7 Å². The average molecular weight is 420 g/mol. The van der Waals surface area contributed by atoms with Crippen LogP contribution in [0, 0.1) is 11.3 Å². The monoisotopic (exact) mass is 419 g/mol. The molecule has 4 aromatic rings. The second-order valence-corrected chi connectivity index (χ2v) is 6.19. The highest BCUT2D eigenvalue weighted by molar-refractivity contribution is 5.55. The van der Waals surface area contributed by atoms with Gasteiger partial charge in [-0.1, -0.05) is 0 Å². The molecule has 0 fully saturated rings. The smallest absolute Gasteiger partial charge is 0.340 e. The van der Waals surface area contributed by atoms with Crippen LogP contribution in [-0.4, -0.2) is 29.2 Å². The number of nitrogens with zero attached hydrogens (tertiary/aromatic N) is 5. The molecule has 0 aliphatic rings. The molecule has 0 aliphatic carbocycles. The van der Waals surface area contributed by atoms with Gasteiger partial charge in [0.1, 0.15) is 17.2 Å². The van der Waals surface area contributed by atoms with Gasteiger partial charge in [-0.3, -0.25) is 0 Å². The molecule has 0 amide bonds. The highest BCUT2D eigenvalue weighted by atomic mass is 35.5. The molecule has 0 unspecified atom stereocenters. The normalized spacial score (nSPS) is 10.0. The van der Waals surface area contributed by atoms with E-state index in [1.807, 2.05) is 60.7 Å². The number of aromatic nitrogens is 4. The Hall–Kier alpha value is -3.89. The highest BCUT2D eigenvalue weighted by Gasteiger charge is 2.23. The largest absolute Gasteiger partial charge is 1.00 e. The quantitative estimate of drug-likeness (QED) is 0.429. The van der Waals surface area contributed by atoms with E-state index < -0.39 is 0 Å². The number of ether oxygens (including phenoxy) is 2. The van der Waals surface area contributed by atoms with Gasteiger partial charge in [0.25, 0.3) is 0 Å². The molecule has 7 nitrogen and oxygen atoms in total. The number of methoxy groups -OCH3 is 2. The van der Waals surface area contributed by atoms with Crippen LogP contribution >= 0.6 is 0 Å². The molecule has 0 radical (unpaired) electrons. The van der Waals surface area contributed by atoms with Gasteiger partial charge in [0.05, 0.1) is 36.5 Å². The summed E-state index contributed by atoms with van der Waals surface area (Å²) < 4.78 is 10.5. The first-order valence-electron chi connectivity index (χ1n) is 8.91. The SMILES string of the molecule is COc1ccc(-n2nc(-c3ccc(C#N)cc3)n[n+]2-c2ccc(OC)cc2)cc1.[Cl-]. The Morgan fingerprint density at radius 1 is 0.833 bits per heavy atom. The summed E-state index contributed by atoms with van der Waals surface area (Å²) in [6.07, 6.45) is 0. The number of nitriles is 1. The molecule has 30 heavy (non-hydrogen) atoms. The summed E-state index contributed by atoms with van der Waals surface area (Å²) in [7, 11) is 3.26. The van der Waals surface area contributed by atoms with Crippen molar-refractivity contribution in [2.24, 2.45) is 0 Å². The summed E-state index contributed by atoms with van der Waals surface area (Å²) in [5, 5.41) is 18.4. The van der Waals surface area contributed by atoms with E-state index in [1.54, 1.807) is 35.9 Å². The van der Waals surface area contributed by atoms with E-state index in [0.717, 1.165) is 28.4 Å². The van der Waals surface area contributed by atoms with Crippen molar-refractivity contribution in [1.82, 2.24) is 15.0 Å². The van der Waals surface area contributed by atoms with Crippen molar-refractivity contribution >= 4 is 0 Å². The molecule has 3 aromatic carbocycles. The second-order valence-electron chi connectivity index (χ2n) is 6.19. The molecule has 0 spiro atoms. The van der Waals surface area contributed by atoms with Crippen molar-refractivity contribution in [3.63, 3.8) is 0 Å². The van der Waals surface area contributed by atoms with Gasteiger partial charge in [0.15, 0.2) is 5.69 Å². The minimum atomic E-state index is 0. The number of hydrogen-bond donors (Lipinski definition) is 0. The van der Waals surface area contributed by atoms with Crippen molar-refractivity contribution in [2.45, 2.75) is 0 Å². The topological polar surface area (TPSA) is 76.8 Å². The van der Waals surface area contributed by atoms with Crippen LogP contribution < -0.4 is 26.7 Å². The fraction of sp³-hybridized carbons (Fsp3) is 0.0909. The lowest BCUT2D eigenvalue weighted by Crippen LogP contribution is -3.00. The van der Waals surface area contributed by atoms with Crippen molar-refractivity contribution in [3.05, 3.63) is 78.4 Å². The molecule has 1 heterocycles. The lowest BCUT2D eigenvalue weighted by Gasteiger charge is -2.03. The lowest BCUT2D eigenvalue weighted by atomic mass is 10.1. The summed E-state index contributed by atoms with van der Waals surface area (Å²) in [6.45, 7) is 0. The molecule has 0 saturated carbocycles. The molecule has 150 valence electrons. The Labute approximate surface area is 180 Å². The fourth-order valence-electron chi connectivity index (χ4n) is 2.86. The van der Waals surface area contributed by atoms with Crippen LogP contribution in [0.1, 0.15) is 5.56 Å².